The molecule has 0 saturated carbocycles. The van der Waals surface area contributed by atoms with Gasteiger partial charge in [0.1, 0.15) is 0 Å². The van der Waals surface area contributed by atoms with Crippen molar-refractivity contribution in [2.24, 2.45) is 5.92 Å². The third kappa shape index (κ3) is 6.82. The van der Waals surface area contributed by atoms with E-state index in [0.29, 0.717) is 32.0 Å². The van der Waals surface area contributed by atoms with Crippen molar-refractivity contribution in [1.29, 1.82) is 0 Å². The van der Waals surface area contributed by atoms with Crippen LogP contribution >= 0.6 is 0 Å². The molecule has 1 aromatic carbocycles. The number of halogens is 1. The van der Waals surface area contributed by atoms with E-state index in [1.165, 1.54) is 13.2 Å². The van der Waals surface area contributed by atoms with E-state index in [2.05, 4.69) is 24.1 Å². The van der Waals surface area contributed by atoms with E-state index in [-0.39, 0.29) is 29.9 Å². The lowest BCUT2D eigenvalue weighted by molar-refractivity contribution is -0.134. The predicted octanol–water partition coefficient (Wildman–Crippen LogP) is 2.03. The van der Waals surface area contributed by atoms with Crippen LogP contribution in [0.5, 0.6) is 5.75 Å². The number of nitrogens with one attached hydrogen (secondary N) is 1. The van der Waals surface area contributed by atoms with Crippen LogP contribution in [0.25, 0.3) is 0 Å². The van der Waals surface area contributed by atoms with Gasteiger partial charge in [0.25, 0.3) is 0 Å². The molecule has 1 fully saturated rings. The van der Waals surface area contributed by atoms with Crippen LogP contribution in [-0.2, 0) is 16.1 Å². The SMILES string of the molecule is COc1ccc(CN2CCN(C(=O)CNC(=O)CCC(C)C)CC2)cc1F. The summed E-state index contributed by atoms with van der Waals surface area (Å²) < 4.78 is 18.7. The molecule has 1 aromatic rings. The van der Waals surface area contributed by atoms with E-state index in [1.807, 2.05) is 6.07 Å². The standard InChI is InChI=1S/C20H30FN3O3/c1-15(2)4-7-19(25)22-13-20(26)24-10-8-23(9-11-24)14-16-5-6-18(27-3)17(21)12-16/h5-6,12,15H,4,7-11,13-14H2,1-3H3,(H,22,25). The van der Waals surface area contributed by atoms with Gasteiger partial charge in [-0.05, 0) is 30.0 Å². The second-order valence-corrected chi connectivity index (χ2v) is 7.34. The number of hydrogen-bond acceptors (Lipinski definition) is 4. The van der Waals surface area contributed by atoms with Gasteiger partial charge in [-0.2, -0.15) is 0 Å². The third-order valence-electron chi connectivity index (χ3n) is 4.73. The Morgan fingerprint density at radius 3 is 2.52 bits per heavy atom. The molecule has 2 amide bonds. The highest BCUT2D eigenvalue weighted by atomic mass is 19.1. The zero-order chi connectivity index (χ0) is 19.8. The zero-order valence-corrected chi connectivity index (χ0v) is 16.5. The minimum atomic E-state index is -0.364. The van der Waals surface area contributed by atoms with Crippen molar-refractivity contribution in [3.63, 3.8) is 0 Å². The monoisotopic (exact) mass is 379 g/mol. The van der Waals surface area contributed by atoms with Crippen LogP contribution in [0.2, 0.25) is 0 Å². The molecule has 0 spiro atoms. The molecule has 27 heavy (non-hydrogen) atoms. The fraction of sp³-hybridized carbons (Fsp3) is 0.600. The van der Waals surface area contributed by atoms with Crippen molar-refractivity contribution in [2.45, 2.75) is 33.2 Å². The summed E-state index contributed by atoms with van der Waals surface area (Å²) in [5.74, 6) is 0.223. The van der Waals surface area contributed by atoms with Gasteiger partial charge in [0.15, 0.2) is 11.6 Å². The fourth-order valence-corrected chi connectivity index (χ4v) is 3.02. The quantitative estimate of drug-likeness (QED) is 0.751. The van der Waals surface area contributed by atoms with Gasteiger partial charge in [-0.25, -0.2) is 4.39 Å². The summed E-state index contributed by atoms with van der Waals surface area (Å²) in [7, 11) is 1.45. The Morgan fingerprint density at radius 1 is 1.22 bits per heavy atom. The van der Waals surface area contributed by atoms with Gasteiger partial charge in [-0.15, -0.1) is 0 Å². The summed E-state index contributed by atoms with van der Waals surface area (Å²) in [6.45, 7) is 7.49. The molecule has 0 radical (unpaired) electrons. The van der Waals surface area contributed by atoms with Gasteiger partial charge in [0.05, 0.1) is 13.7 Å². The lowest BCUT2D eigenvalue weighted by Gasteiger charge is -2.34. The minimum absolute atomic E-state index is 0.0527. The number of ether oxygens (including phenoxy) is 1. The Balaban J connectivity index is 1.72. The Labute approximate surface area is 160 Å². The molecule has 0 bridgehead atoms. The largest absolute Gasteiger partial charge is 0.494 e. The molecular weight excluding hydrogens is 349 g/mol. The summed E-state index contributed by atoms with van der Waals surface area (Å²) in [5.41, 5.74) is 0.880. The predicted molar refractivity (Wildman–Crippen MR) is 102 cm³/mol. The second-order valence-electron chi connectivity index (χ2n) is 7.34. The molecule has 6 nitrogen and oxygen atoms in total. The lowest BCUT2D eigenvalue weighted by Crippen LogP contribution is -2.50. The van der Waals surface area contributed by atoms with Gasteiger partial charge < -0.3 is 15.0 Å². The van der Waals surface area contributed by atoms with Crippen molar-refractivity contribution in [1.82, 2.24) is 15.1 Å². The van der Waals surface area contributed by atoms with Crippen molar-refractivity contribution in [3.8, 4) is 5.75 Å². The Hall–Kier alpha value is -2.15. The topological polar surface area (TPSA) is 61.9 Å². The highest BCUT2D eigenvalue weighted by molar-refractivity contribution is 5.84. The first-order valence-corrected chi connectivity index (χ1v) is 9.48. The number of nitrogens with zero attached hydrogens (tertiary/aromatic N) is 2. The van der Waals surface area contributed by atoms with Gasteiger partial charge in [-0.1, -0.05) is 19.9 Å². The van der Waals surface area contributed by atoms with E-state index in [1.54, 1.807) is 11.0 Å². The molecule has 0 aromatic heterocycles. The lowest BCUT2D eigenvalue weighted by atomic mass is 10.1. The molecule has 2 rings (SSSR count). The smallest absolute Gasteiger partial charge is 0.242 e. The van der Waals surface area contributed by atoms with E-state index >= 15 is 0 Å². The maximum atomic E-state index is 13.8. The molecule has 1 heterocycles. The number of carbonyl (C=O) groups excluding carboxylic acids is 2. The first kappa shape index (κ1) is 21.2. The summed E-state index contributed by atoms with van der Waals surface area (Å²) in [4.78, 5) is 27.9. The van der Waals surface area contributed by atoms with Crippen LogP contribution in [0.3, 0.4) is 0 Å². The number of rotatable bonds is 8. The van der Waals surface area contributed by atoms with E-state index in [9.17, 15) is 14.0 Å². The first-order chi connectivity index (χ1) is 12.9. The van der Waals surface area contributed by atoms with Crippen molar-refractivity contribution >= 4 is 11.8 Å². The van der Waals surface area contributed by atoms with Gasteiger partial charge >= 0.3 is 0 Å². The zero-order valence-electron chi connectivity index (χ0n) is 16.5. The minimum Gasteiger partial charge on any atom is -0.494 e. The molecule has 1 N–H and O–H groups in total. The highest BCUT2D eigenvalue weighted by Crippen LogP contribution is 2.19. The maximum absolute atomic E-state index is 13.8. The summed E-state index contributed by atoms with van der Waals surface area (Å²) >= 11 is 0. The molecule has 1 aliphatic rings. The molecule has 0 atom stereocenters. The highest BCUT2D eigenvalue weighted by Gasteiger charge is 2.21. The average Bonchev–Trinajstić information content (AvgIpc) is 2.65. The maximum Gasteiger partial charge on any atom is 0.242 e. The molecule has 1 aliphatic heterocycles. The van der Waals surface area contributed by atoms with Gasteiger partial charge in [-0.3, -0.25) is 14.5 Å². The Morgan fingerprint density at radius 2 is 1.93 bits per heavy atom. The summed E-state index contributed by atoms with van der Waals surface area (Å²) in [6.07, 6.45) is 1.28. The van der Waals surface area contributed by atoms with Crippen LogP contribution < -0.4 is 10.1 Å². The molecule has 1 saturated heterocycles. The van der Waals surface area contributed by atoms with E-state index < -0.39 is 0 Å². The van der Waals surface area contributed by atoms with Crippen LogP contribution in [0, 0.1) is 11.7 Å². The van der Waals surface area contributed by atoms with Crippen LogP contribution in [0.1, 0.15) is 32.3 Å². The van der Waals surface area contributed by atoms with Crippen molar-refractivity contribution < 1.29 is 18.7 Å². The van der Waals surface area contributed by atoms with Gasteiger partial charge in [0, 0.05) is 39.1 Å². The molecule has 7 heteroatoms. The van der Waals surface area contributed by atoms with Crippen LogP contribution in [-0.4, -0.2) is 61.4 Å². The molecule has 150 valence electrons. The molecule has 0 aliphatic carbocycles. The summed E-state index contributed by atoms with van der Waals surface area (Å²) in [5, 5.41) is 2.71. The number of hydrogen-bond donors (Lipinski definition) is 1. The van der Waals surface area contributed by atoms with Gasteiger partial charge in [0.2, 0.25) is 11.8 Å². The fourth-order valence-electron chi connectivity index (χ4n) is 3.02. The number of benzene rings is 1. The van der Waals surface area contributed by atoms with E-state index in [4.69, 9.17) is 4.74 Å². The molecular formula is C20H30FN3O3. The summed E-state index contributed by atoms with van der Waals surface area (Å²) in [6, 6.07) is 4.97. The second kappa shape index (κ2) is 10.3. The van der Waals surface area contributed by atoms with Crippen LogP contribution in [0.15, 0.2) is 18.2 Å². The van der Waals surface area contributed by atoms with Crippen molar-refractivity contribution in [3.05, 3.63) is 29.6 Å². The third-order valence-corrected chi connectivity index (χ3v) is 4.73. The Kier molecular flexibility index (Phi) is 8.03. The van der Waals surface area contributed by atoms with Crippen molar-refractivity contribution in [2.75, 3.05) is 39.8 Å². The average molecular weight is 379 g/mol. The molecule has 0 unspecified atom stereocenters. The van der Waals surface area contributed by atoms with Crippen LogP contribution in [0.4, 0.5) is 4.39 Å². The number of carbonyl (C=O) groups is 2. The number of piperazine rings is 1. The normalized spacial score (nSPS) is 15.1. The number of methoxy groups -OCH3 is 1. The Bertz CT molecular complexity index is 643. The first-order valence-electron chi connectivity index (χ1n) is 9.48. The van der Waals surface area contributed by atoms with E-state index in [0.717, 1.165) is 25.1 Å². The number of amides is 2.